The minimum atomic E-state index is -1.81. The Balaban J connectivity index is 0.000000219. The van der Waals surface area contributed by atoms with E-state index in [1.165, 1.54) is 87.4 Å². The summed E-state index contributed by atoms with van der Waals surface area (Å²) in [6, 6.07) is 23.3. The predicted octanol–water partition coefficient (Wildman–Crippen LogP) is 0.871. The lowest BCUT2D eigenvalue weighted by Crippen LogP contribution is -2.55. The molecule has 0 bridgehead atoms. The van der Waals surface area contributed by atoms with E-state index in [0.717, 1.165) is 0 Å². The van der Waals surface area contributed by atoms with Gasteiger partial charge in [0.05, 0.1) is 20.3 Å². The lowest BCUT2D eigenvalue weighted by Gasteiger charge is -2.34. The van der Waals surface area contributed by atoms with Gasteiger partial charge in [0.1, 0.15) is 23.8 Å². The van der Waals surface area contributed by atoms with Gasteiger partial charge in [0, 0.05) is 71.2 Å². The fourth-order valence-corrected chi connectivity index (χ4v) is 8.95. The van der Waals surface area contributed by atoms with Crippen LogP contribution in [0.4, 0.5) is 22.7 Å². The second kappa shape index (κ2) is 24.0. The number of anilines is 4. The summed E-state index contributed by atoms with van der Waals surface area (Å²) >= 11 is 0. The Hall–Kier alpha value is -8.58. The van der Waals surface area contributed by atoms with Crippen LogP contribution in [0.25, 0.3) is 0 Å². The molecule has 394 valence electrons. The van der Waals surface area contributed by atoms with Gasteiger partial charge in [-0.1, -0.05) is 12.1 Å². The van der Waals surface area contributed by atoms with Crippen LogP contribution in [0.3, 0.4) is 0 Å². The number of carbonyl (C=O) groups excluding carboxylic acids is 7. The number of carbonyl (C=O) groups is 8. The number of morpholine rings is 2. The van der Waals surface area contributed by atoms with Crippen LogP contribution in [-0.2, 0) is 43.0 Å². The first kappa shape index (κ1) is 54.2. The predicted molar refractivity (Wildman–Crippen MR) is 269 cm³/mol. The number of benzene rings is 4. The van der Waals surface area contributed by atoms with Crippen LogP contribution in [0, 0.1) is 10.8 Å². The van der Waals surface area contributed by atoms with Gasteiger partial charge < -0.3 is 71.2 Å². The number of nitrogen functional groups attached to an aromatic ring is 2. The SMILES string of the molecule is COC(=O)[C@@H]1CCCN1C(=O)c1cccc(N2CCO[C@H]([C@@H](O)C(=O)Nc3ccc(C(=N)N)cc3)C2=O)c1.N=C(N)c1ccc(NC(=O)[C@H](O)[C@H]2OCCN(c3cccc(C(=O)N4CCC[C@H]4C(=O)O)c3)C2=O)cc1. The van der Waals surface area contributed by atoms with Gasteiger partial charge >= 0.3 is 11.9 Å². The summed E-state index contributed by atoms with van der Waals surface area (Å²) in [6.45, 7) is 1.14. The third-order valence-electron chi connectivity index (χ3n) is 12.9. The molecule has 0 radical (unpaired) electrons. The fourth-order valence-electron chi connectivity index (χ4n) is 8.95. The highest BCUT2D eigenvalue weighted by Gasteiger charge is 2.42. The normalized spacial score (nSPS) is 20.3. The van der Waals surface area contributed by atoms with Crippen LogP contribution in [0.5, 0.6) is 0 Å². The summed E-state index contributed by atoms with van der Waals surface area (Å²) in [4.78, 5) is 107. The van der Waals surface area contributed by atoms with Crippen LogP contribution < -0.4 is 31.9 Å². The molecule has 0 aliphatic carbocycles. The molecule has 6 atom stereocenters. The topological polar surface area (TPSA) is 362 Å². The second-order valence-corrected chi connectivity index (χ2v) is 17.7. The van der Waals surface area contributed by atoms with E-state index >= 15 is 0 Å². The Morgan fingerprint density at radius 2 is 1.01 bits per heavy atom. The summed E-state index contributed by atoms with van der Waals surface area (Å²) in [5, 5.41) is 50.5. The Kier molecular flexibility index (Phi) is 17.3. The van der Waals surface area contributed by atoms with Crippen LogP contribution in [0.2, 0.25) is 0 Å². The number of amidine groups is 2. The molecule has 4 aliphatic rings. The van der Waals surface area contributed by atoms with Crippen molar-refractivity contribution in [3.63, 3.8) is 0 Å². The molecular formula is C51H56N10O14. The summed E-state index contributed by atoms with van der Waals surface area (Å²) in [5.74, 6) is -5.58. The number of aliphatic hydroxyl groups is 2. The lowest BCUT2D eigenvalue weighted by atomic mass is 10.1. The minimum Gasteiger partial charge on any atom is -0.480 e. The van der Waals surface area contributed by atoms with Gasteiger partial charge in [0.25, 0.3) is 35.4 Å². The number of rotatable bonds is 14. The van der Waals surface area contributed by atoms with E-state index < -0.39 is 78.0 Å². The van der Waals surface area contributed by atoms with Crippen molar-refractivity contribution >= 4 is 81.8 Å². The van der Waals surface area contributed by atoms with Crippen molar-refractivity contribution in [1.82, 2.24) is 9.80 Å². The first-order chi connectivity index (χ1) is 35.9. The second-order valence-electron chi connectivity index (χ2n) is 17.7. The molecule has 4 aromatic carbocycles. The number of amides is 6. The molecule has 11 N–H and O–H groups in total. The Morgan fingerprint density at radius 1 is 0.613 bits per heavy atom. The van der Waals surface area contributed by atoms with Gasteiger partial charge in [-0.15, -0.1) is 0 Å². The third-order valence-corrected chi connectivity index (χ3v) is 12.9. The molecule has 8 rings (SSSR count). The number of nitrogens with two attached hydrogens (primary N) is 2. The number of hydrogen-bond donors (Lipinski definition) is 9. The van der Waals surface area contributed by atoms with E-state index in [-0.39, 0.29) is 49.4 Å². The number of methoxy groups -OCH3 is 1. The molecule has 0 aromatic heterocycles. The van der Waals surface area contributed by atoms with E-state index in [9.17, 15) is 53.7 Å². The van der Waals surface area contributed by atoms with Crippen molar-refractivity contribution in [3.8, 4) is 0 Å². The highest BCUT2D eigenvalue weighted by atomic mass is 16.5. The molecule has 0 unspecified atom stereocenters. The number of ether oxygens (including phenoxy) is 3. The van der Waals surface area contributed by atoms with Crippen molar-refractivity contribution in [2.24, 2.45) is 11.5 Å². The van der Waals surface area contributed by atoms with E-state index in [2.05, 4.69) is 10.6 Å². The molecule has 0 spiro atoms. The van der Waals surface area contributed by atoms with E-state index in [0.29, 0.717) is 78.2 Å². The zero-order chi connectivity index (χ0) is 54.1. The monoisotopic (exact) mass is 1030 g/mol. The summed E-state index contributed by atoms with van der Waals surface area (Å²) in [6.07, 6.45) is -4.38. The minimum absolute atomic E-state index is 0.0411. The van der Waals surface area contributed by atoms with Gasteiger partial charge in [-0.2, -0.15) is 0 Å². The Bertz CT molecular complexity index is 2860. The highest BCUT2D eigenvalue weighted by molar-refractivity contribution is 6.07. The van der Waals surface area contributed by atoms with Crippen LogP contribution in [0.15, 0.2) is 97.1 Å². The number of likely N-dealkylation sites (tertiary alicyclic amines) is 2. The number of aliphatic hydroxyl groups excluding tert-OH is 2. The third kappa shape index (κ3) is 12.4. The molecule has 4 saturated heterocycles. The number of aliphatic carboxylic acids is 1. The molecule has 4 aromatic rings. The number of hydrogen-bond acceptors (Lipinski definition) is 15. The standard InChI is InChI=1S/C26H29N5O7.C25H27N5O7/c1-37-26(36)19-6-3-11-31(19)24(34)16-4-2-5-18(14-16)30-12-13-38-21(25(30)35)20(32)23(33)29-17-9-7-15(8-10-17)22(27)28;26-21(27)14-6-8-16(9-7-14)28-22(32)19(31)20-24(34)29(11-12-37-20)17-4-1-3-15(13-17)23(33)30-10-2-5-18(30)25(35)36/h2,4-5,7-10,14,19-21,32H,3,6,11-13H2,1H3,(H3,27,28)(H,29,33);1,3-4,6-9,13,18-20,31H,2,5,10-12H2,(H3,26,27)(H,28,32)(H,35,36)/t19-,20+,21+;18-,19+,20+/m00/s1. The number of carboxylic acid groups (broad SMARTS) is 1. The number of nitrogens with zero attached hydrogens (tertiary/aromatic N) is 4. The van der Waals surface area contributed by atoms with E-state index in [1.54, 1.807) is 36.4 Å². The van der Waals surface area contributed by atoms with Crippen LogP contribution in [0.1, 0.15) is 57.5 Å². The van der Waals surface area contributed by atoms with Gasteiger partial charge in [0.2, 0.25) is 0 Å². The van der Waals surface area contributed by atoms with Gasteiger partial charge in [-0.3, -0.25) is 39.6 Å². The fraction of sp³-hybridized carbons (Fsp3) is 0.333. The maximum Gasteiger partial charge on any atom is 0.328 e. The van der Waals surface area contributed by atoms with Crippen molar-refractivity contribution < 1.29 is 67.9 Å². The van der Waals surface area contributed by atoms with Crippen molar-refractivity contribution in [2.75, 3.05) is 66.9 Å². The first-order valence-electron chi connectivity index (χ1n) is 23.7. The van der Waals surface area contributed by atoms with Crippen molar-refractivity contribution in [1.29, 1.82) is 10.8 Å². The highest BCUT2D eigenvalue weighted by Crippen LogP contribution is 2.28. The molecule has 4 aliphatic heterocycles. The molecule has 4 fully saturated rings. The first-order valence-corrected chi connectivity index (χ1v) is 23.7. The Morgan fingerprint density at radius 3 is 1.40 bits per heavy atom. The average Bonchev–Trinajstić information content (AvgIpc) is 4.13. The summed E-state index contributed by atoms with van der Waals surface area (Å²) in [5.41, 5.74) is 13.7. The zero-order valence-electron chi connectivity index (χ0n) is 40.5. The summed E-state index contributed by atoms with van der Waals surface area (Å²) < 4.78 is 15.7. The maximum absolute atomic E-state index is 13.2. The van der Waals surface area contributed by atoms with E-state index in [1.807, 2.05) is 0 Å². The van der Waals surface area contributed by atoms with Crippen molar-refractivity contribution in [2.45, 2.75) is 62.2 Å². The van der Waals surface area contributed by atoms with Gasteiger partial charge in [-0.25, -0.2) is 9.59 Å². The molecule has 6 amide bonds. The smallest absolute Gasteiger partial charge is 0.328 e. The number of carboxylic acids is 1. The molecule has 75 heavy (non-hydrogen) atoms. The maximum atomic E-state index is 13.2. The molecule has 0 saturated carbocycles. The van der Waals surface area contributed by atoms with Crippen LogP contribution >= 0.6 is 0 Å². The molecular weight excluding hydrogens is 977 g/mol. The molecule has 24 nitrogen and oxygen atoms in total. The van der Waals surface area contributed by atoms with Crippen molar-refractivity contribution in [3.05, 3.63) is 119 Å². The molecule has 24 heteroatoms. The average molecular weight is 1030 g/mol. The van der Waals surface area contributed by atoms with E-state index in [4.69, 9.17) is 36.5 Å². The van der Waals surface area contributed by atoms with Crippen LogP contribution in [-0.4, -0.2) is 167 Å². The largest absolute Gasteiger partial charge is 0.480 e. The summed E-state index contributed by atoms with van der Waals surface area (Å²) in [7, 11) is 1.28. The lowest BCUT2D eigenvalue weighted by molar-refractivity contribution is -0.150. The van der Waals surface area contributed by atoms with Gasteiger partial charge in [-0.05, 0) is 111 Å². The number of esters is 1. The Labute approximate surface area is 429 Å². The number of nitrogens with one attached hydrogen (secondary N) is 4. The van der Waals surface area contributed by atoms with Gasteiger partial charge in [0.15, 0.2) is 24.4 Å². The zero-order valence-corrected chi connectivity index (χ0v) is 40.5. The molecule has 4 heterocycles. The quantitative estimate of drug-likeness (QED) is 0.0481.